The summed E-state index contributed by atoms with van der Waals surface area (Å²) >= 11 is 0. The van der Waals surface area contributed by atoms with Crippen LogP contribution in [0.1, 0.15) is 20.8 Å². The van der Waals surface area contributed by atoms with Crippen molar-refractivity contribution in [3.05, 3.63) is 54.7 Å². The van der Waals surface area contributed by atoms with Crippen molar-refractivity contribution in [3.63, 3.8) is 0 Å². The Morgan fingerprint density at radius 2 is 1.79 bits per heavy atom. The molecule has 2 aromatic carbocycles. The second kappa shape index (κ2) is 10.8. The van der Waals surface area contributed by atoms with Crippen LogP contribution in [-0.4, -0.2) is 56.6 Å². The first-order chi connectivity index (χ1) is 15.8. The Labute approximate surface area is 195 Å². The topological polar surface area (TPSA) is 92.7 Å². The maximum atomic E-state index is 12.6. The summed E-state index contributed by atoms with van der Waals surface area (Å²) in [6.45, 7) is 9.73. The minimum Gasteiger partial charge on any atom is -0.497 e. The smallest absolute Gasteiger partial charge is 0.242 e. The number of anilines is 1. The van der Waals surface area contributed by atoms with Crippen LogP contribution in [0.5, 0.6) is 5.75 Å². The van der Waals surface area contributed by atoms with Crippen LogP contribution in [0, 0.1) is 0 Å². The number of carbonyl (C=O) groups excluding carboxylic acids is 1. The highest BCUT2D eigenvalue weighted by Crippen LogP contribution is 2.21. The van der Waals surface area contributed by atoms with Gasteiger partial charge in [-0.1, -0.05) is 13.8 Å². The number of nitrogens with zero attached hydrogens (tertiary/aromatic N) is 2. The minimum absolute atomic E-state index is 0.0652. The van der Waals surface area contributed by atoms with Crippen molar-refractivity contribution in [2.45, 2.75) is 38.3 Å². The molecule has 8 nitrogen and oxygen atoms in total. The number of aromatic nitrogens is 1. The van der Waals surface area contributed by atoms with Gasteiger partial charge in [-0.15, -0.1) is 0 Å². The molecule has 3 rings (SSSR count). The number of methoxy groups -OCH3 is 1. The van der Waals surface area contributed by atoms with Gasteiger partial charge < -0.3 is 19.5 Å². The fourth-order valence-corrected chi connectivity index (χ4v) is 4.82. The van der Waals surface area contributed by atoms with Gasteiger partial charge in [0.2, 0.25) is 15.9 Å². The molecule has 0 saturated heterocycles. The van der Waals surface area contributed by atoms with Crippen LogP contribution in [-0.2, 0) is 21.4 Å². The Morgan fingerprint density at radius 3 is 2.42 bits per heavy atom. The second-order valence-corrected chi connectivity index (χ2v) is 9.53. The number of rotatable bonds is 11. The largest absolute Gasteiger partial charge is 0.497 e. The van der Waals surface area contributed by atoms with E-state index in [0.29, 0.717) is 11.4 Å². The molecule has 9 heteroatoms. The summed E-state index contributed by atoms with van der Waals surface area (Å²) in [6, 6.07) is 12.7. The molecule has 0 spiro atoms. The molecule has 0 aliphatic carbocycles. The van der Waals surface area contributed by atoms with Crippen LogP contribution >= 0.6 is 0 Å². The highest BCUT2D eigenvalue weighted by Gasteiger charge is 2.22. The summed E-state index contributed by atoms with van der Waals surface area (Å²) in [7, 11) is -2.34. The van der Waals surface area contributed by atoms with Crippen molar-refractivity contribution >= 4 is 32.5 Å². The van der Waals surface area contributed by atoms with Gasteiger partial charge in [-0.3, -0.25) is 4.79 Å². The molecule has 3 aromatic rings. The van der Waals surface area contributed by atoms with E-state index in [1.807, 2.05) is 30.5 Å². The minimum atomic E-state index is -3.84. The molecule has 0 aliphatic rings. The van der Waals surface area contributed by atoms with Gasteiger partial charge in [0.05, 0.1) is 18.0 Å². The van der Waals surface area contributed by atoms with E-state index >= 15 is 0 Å². The highest BCUT2D eigenvalue weighted by atomic mass is 32.2. The number of hydrogen-bond donors (Lipinski definition) is 2. The van der Waals surface area contributed by atoms with Gasteiger partial charge in [-0.25, -0.2) is 8.42 Å². The molecule has 33 heavy (non-hydrogen) atoms. The van der Waals surface area contributed by atoms with E-state index in [-0.39, 0.29) is 4.90 Å². The molecular formula is C24H32N4O4S. The van der Waals surface area contributed by atoms with Crippen molar-refractivity contribution in [2.24, 2.45) is 0 Å². The zero-order valence-corrected chi connectivity index (χ0v) is 20.4. The molecule has 2 N–H and O–H groups in total. The number of ether oxygens (including phenoxy) is 1. The number of nitrogens with one attached hydrogen (secondary N) is 2. The number of benzene rings is 2. The lowest BCUT2D eigenvalue weighted by Crippen LogP contribution is -2.41. The molecule has 0 bridgehead atoms. The van der Waals surface area contributed by atoms with E-state index in [1.165, 1.54) is 26.2 Å². The van der Waals surface area contributed by atoms with E-state index < -0.39 is 22.0 Å². The van der Waals surface area contributed by atoms with Crippen LogP contribution in [0.25, 0.3) is 10.9 Å². The SMILES string of the molecule is CCN(CC)CCn1ccc2cc(NC(=O)[C@H](C)NS(=O)(=O)c3ccc(OC)cc3)ccc21. The van der Waals surface area contributed by atoms with Crippen LogP contribution < -0.4 is 14.8 Å². The lowest BCUT2D eigenvalue weighted by Gasteiger charge is -2.18. The van der Waals surface area contributed by atoms with E-state index in [2.05, 4.69) is 33.4 Å². The van der Waals surface area contributed by atoms with Crippen molar-refractivity contribution in [1.82, 2.24) is 14.2 Å². The highest BCUT2D eigenvalue weighted by molar-refractivity contribution is 7.89. The third-order valence-electron chi connectivity index (χ3n) is 5.69. The molecule has 178 valence electrons. The summed E-state index contributed by atoms with van der Waals surface area (Å²) in [4.78, 5) is 15.1. The molecule has 0 unspecified atom stereocenters. The molecule has 1 atom stereocenters. The fourth-order valence-electron chi connectivity index (χ4n) is 3.62. The summed E-state index contributed by atoms with van der Waals surface area (Å²) < 4.78 is 34.9. The van der Waals surface area contributed by atoms with Gasteiger partial charge in [0.25, 0.3) is 0 Å². The first kappa shape index (κ1) is 24.8. The Morgan fingerprint density at radius 1 is 1.09 bits per heavy atom. The molecule has 1 amide bonds. The van der Waals surface area contributed by atoms with Crippen LogP contribution in [0.4, 0.5) is 5.69 Å². The number of sulfonamides is 1. The average molecular weight is 473 g/mol. The maximum absolute atomic E-state index is 12.6. The monoisotopic (exact) mass is 472 g/mol. The summed E-state index contributed by atoms with van der Waals surface area (Å²) in [5, 5.41) is 3.81. The van der Waals surface area contributed by atoms with Crippen molar-refractivity contribution < 1.29 is 17.9 Å². The molecule has 0 aliphatic heterocycles. The number of likely N-dealkylation sites (N-methyl/N-ethyl adjacent to an activating group) is 1. The molecule has 1 heterocycles. The van der Waals surface area contributed by atoms with Crippen molar-refractivity contribution in [1.29, 1.82) is 0 Å². The second-order valence-electron chi connectivity index (χ2n) is 7.82. The average Bonchev–Trinajstić information content (AvgIpc) is 3.21. The van der Waals surface area contributed by atoms with Gasteiger partial charge >= 0.3 is 0 Å². The number of carbonyl (C=O) groups is 1. The van der Waals surface area contributed by atoms with E-state index in [0.717, 1.165) is 37.1 Å². The standard InChI is InChI=1S/C24H32N4O4S/c1-5-27(6-2)15-16-28-14-13-19-17-20(7-12-23(19)28)25-24(29)18(3)26-33(30,31)22-10-8-21(32-4)9-11-22/h7-14,17-18,26H,5-6,15-16H2,1-4H3,(H,25,29)/t18-/m0/s1. The maximum Gasteiger partial charge on any atom is 0.242 e. The molecule has 1 aromatic heterocycles. The van der Waals surface area contributed by atoms with Crippen molar-refractivity contribution in [2.75, 3.05) is 32.1 Å². The summed E-state index contributed by atoms with van der Waals surface area (Å²) in [5.74, 6) is 0.115. The Kier molecular flexibility index (Phi) is 8.12. The van der Waals surface area contributed by atoms with Crippen molar-refractivity contribution in [3.8, 4) is 5.75 Å². The first-order valence-electron chi connectivity index (χ1n) is 11.1. The molecular weight excluding hydrogens is 440 g/mol. The van der Waals surface area contributed by atoms with Crippen LogP contribution in [0.15, 0.2) is 59.6 Å². The van der Waals surface area contributed by atoms with Gasteiger partial charge in [-0.05, 0) is 68.5 Å². The summed E-state index contributed by atoms with van der Waals surface area (Å²) in [5.41, 5.74) is 1.71. The quantitative estimate of drug-likeness (QED) is 0.447. The number of amides is 1. The van der Waals surface area contributed by atoms with Gasteiger partial charge in [-0.2, -0.15) is 4.72 Å². The fraction of sp³-hybridized carbons (Fsp3) is 0.375. The third kappa shape index (κ3) is 6.13. The zero-order chi connectivity index (χ0) is 24.0. The Hall–Kier alpha value is -2.88. The molecule has 0 radical (unpaired) electrons. The van der Waals surface area contributed by atoms with Crippen LogP contribution in [0.2, 0.25) is 0 Å². The van der Waals surface area contributed by atoms with Crippen LogP contribution in [0.3, 0.4) is 0 Å². The van der Waals surface area contributed by atoms with E-state index in [9.17, 15) is 13.2 Å². The summed E-state index contributed by atoms with van der Waals surface area (Å²) in [6.07, 6.45) is 2.05. The van der Waals surface area contributed by atoms with E-state index in [4.69, 9.17) is 4.74 Å². The lowest BCUT2D eigenvalue weighted by atomic mass is 10.2. The third-order valence-corrected chi connectivity index (χ3v) is 7.24. The van der Waals surface area contributed by atoms with E-state index in [1.54, 1.807) is 12.1 Å². The molecule has 0 saturated carbocycles. The Bertz CT molecular complexity index is 1180. The number of hydrogen-bond acceptors (Lipinski definition) is 5. The lowest BCUT2D eigenvalue weighted by molar-refractivity contribution is -0.117. The predicted molar refractivity (Wildman–Crippen MR) is 131 cm³/mol. The predicted octanol–water partition coefficient (Wildman–Crippen LogP) is 3.30. The van der Waals surface area contributed by atoms with Gasteiger partial charge in [0.1, 0.15) is 5.75 Å². The Balaban J connectivity index is 1.64. The van der Waals surface area contributed by atoms with Gasteiger partial charge in [0, 0.05) is 35.9 Å². The molecule has 0 fully saturated rings. The first-order valence-corrected chi connectivity index (χ1v) is 12.5. The number of fused-ring (bicyclic) bond motifs is 1. The van der Waals surface area contributed by atoms with Gasteiger partial charge in [0.15, 0.2) is 0 Å². The zero-order valence-electron chi connectivity index (χ0n) is 19.5. The normalized spacial score (nSPS) is 12.8.